The van der Waals surface area contributed by atoms with Gasteiger partial charge in [-0.2, -0.15) is 4.98 Å². The molecule has 0 radical (unpaired) electrons. The first-order valence-electron chi connectivity index (χ1n) is 12.4. The number of hydrogen-bond acceptors (Lipinski definition) is 7. The fourth-order valence-electron chi connectivity index (χ4n) is 4.19. The molecule has 0 saturated heterocycles. The molecular weight excluding hydrogens is 472 g/mol. The van der Waals surface area contributed by atoms with Gasteiger partial charge in [0.05, 0.1) is 6.61 Å². The van der Waals surface area contributed by atoms with Crippen LogP contribution in [-0.2, 0) is 11.4 Å². The highest BCUT2D eigenvalue weighted by atomic mass is 32.2. The van der Waals surface area contributed by atoms with Crippen molar-refractivity contribution in [3.63, 3.8) is 0 Å². The Balaban J connectivity index is 1.68. The van der Waals surface area contributed by atoms with E-state index in [0.717, 1.165) is 35.4 Å². The van der Waals surface area contributed by atoms with Crippen LogP contribution in [0.15, 0.2) is 58.9 Å². The summed E-state index contributed by atoms with van der Waals surface area (Å²) in [5.74, 6) is 2.89. The predicted molar refractivity (Wildman–Crippen MR) is 144 cm³/mol. The smallest absolute Gasteiger partial charge is 0.227 e. The van der Waals surface area contributed by atoms with Gasteiger partial charge in [-0.3, -0.25) is 4.79 Å². The van der Waals surface area contributed by atoms with E-state index in [1.165, 1.54) is 5.56 Å². The third-order valence-electron chi connectivity index (χ3n) is 6.04. The highest BCUT2D eigenvalue weighted by molar-refractivity contribution is 7.99. The molecule has 0 spiro atoms. The molecule has 0 bridgehead atoms. The van der Waals surface area contributed by atoms with E-state index in [9.17, 15) is 4.79 Å². The highest BCUT2D eigenvalue weighted by Crippen LogP contribution is 2.40. The van der Waals surface area contributed by atoms with Crippen LogP contribution in [-0.4, -0.2) is 32.9 Å². The van der Waals surface area contributed by atoms with Crippen molar-refractivity contribution in [2.75, 3.05) is 17.7 Å². The number of nitrogens with zero attached hydrogens (tertiary/aromatic N) is 3. The van der Waals surface area contributed by atoms with Gasteiger partial charge in [-0.05, 0) is 57.4 Å². The lowest BCUT2D eigenvalue weighted by molar-refractivity contribution is -0.114. The maximum Gasteiger partial charge on any atom is 0.227 e. The van der Waals surface area contributed by atoms with E-state index in [0.29, 0.717) is 41.4 Å². The first kappa shape index (κ1) is 25.8. The molecule has 7 nitrogen and oxygen atoms in total. The van der Waals surface area contributed by atoms with Gasteiger partial charge in [0.2, 0.25) is 11.1 Å². The fourth-order valence-corrected chi connectivity index (χ4v) is 5.10. The number of carbonyl (C=O) groups excluding carboxylic acids is 1. The maximum absolute atomic E-state index is 12.8. The van der Waals surface area contributed by atoms with Crippen molar-refractivity contribution in [3.8, 4) is 11.5 Å². The third kappa shape index (κ3) is 5.75. The summed E-state index contributed by atoms with van der Waals surface area (Å²) in [7, 11) is 0. The summed E-state index contributed by atoms with van der Waals surface area (Å²) in [4.78, 5) is 17.5. The van der Waals surface area contributed by atoms with Gasteiger partial charge in [0.15, 0.2) is 17.3 Å². The first-order valence-corrected chi connectivity index (χ1v) is 13.4. The third-order valence-corrected chi connectivity index (χ3v) is 6.96. The Morgan fingerprint density at radius 1 is 1.08 bits per heavy atom. The number of aryl methyl sites for hydroxylation is 1. The van der Waals surface area contributed by atoms with E-state index in [-0.39, 0.29) is 5.78 Å². The normalized spacial score (nSPS) is 14.9. The van der Waals surface area contributed by atoms with Gasteiger partial charge >= 0.3 is 0 Å². The molecule has 1 aromatic heterocycles. The number of ketones is 1. The molecule has 0 saturated carbocycles. The summed E-state index contributed by atoms with van der Waals surface area (Å²) < 4.78 is 13.9. The molecule has 1 unspecified atom stereocenters. The molecule has 190 valence electrons. The van der Waals surface area contributed by atoms with E-state index >= 15 is 0 Å². The van der Waals surface area contributed by atoms with Crippen LogP contribution < -0.4 is 14.8 Å². The molecule has 1 aliphatic heterocycles. The minimum Gasteiger partial charge on any atom is -0.490 e. The summed E-state index contributed by atoms with van der Waals surface area (Å²) >= 11 is 1.63. The van der Waals surface area contributed by atoms with E-state index in [4.69, 9.17) is 19.6 Å². The molecule has 36 heavy (non-hydrogen) atoms. The largest absolute Gasteiger partial charge is 0.490 e. The van der Waals surface area contributed by atoms with Crippen LogP contribution in [0.5, 0.6) is 11.5 Å². The van der Waals surface area contributed by atoms with Crippen LogP contribution in [0.25, 0.3) is 0 Å². The number of nitrogens with one attached hydrogen (secondary N) is 1. The number of aromatic nitrogens is 3. The van der Waals surface area contributed by atoms with Crippen LogP contribution in [0, 0.1) is 6.92 Å². The van der Waals surface area contributed by atoms with Crippen molar-refractivity contribution >= 4 is 23.5 Å². The summed E-state index contributed by atoms with van der Waals surface area (Å²) in [6.45, 7) is 10.6. The second kappa shape index (κ2) is 11.6. The lowest BCUT2D eigenvalue weighted by Gasteiger charge is -2.28. The highest BCUT2D eigenvalue weighted by Gasteiger charge is 2.33. The Morgan fingerprint density at radius 2 is 1.86 bits per heavy atom. The number of hydrogen-bond donors (Lipinski definition) is 1. The molecule has 1 N–H and O–H groups in total. The summed E-state index contributed by atoms with van der Waals surface area (Å²) in [6, 6.07) is 13.7. The second-order valence-electron chi connectivity index (χ2n) is 8.90. The zero-order valence-corrected chi connectivity index (χ0v) is 22.4. The number of thioether (sulfide) groups is 1. The van der Waals surface area contributed by atoms with Crippen LogP contribution in [0.4, 0.5) is 5.95 Å². The van der Waals surface area contributed by atoms with Crippen molar-refractivity contribution < 1.29 is 14.3 Å². The van der Waals surface area contributed by atoms with Gasteiger partial charge in [0, 0.05) is 17.0 Å². The maximum atomic E-state index is 12.8. The Bertz CT molecular complexity index is 1250. The van der Waals surface area contributed by atoms with Crippen molar-refractivity contribution in [3.05, 3.63) is 70.4 Å². The minimum absolute atomic E-state index is 0.0102. The molecule has 1 atom stereocenters. The molecule has 0 amide bonds. The van der Waals surface area contributed by atoms with Crippen LogP contribution in [0.1, 0.15) is 63.3 Å². The van der Waals surface area contributed by atoms with Crippen molar-refractivity contribution in [2.45, 2.75) is 65.3 Å². The number of Topliss-reactive ketones (excluding diaryl/α,β-unsaturated/α-hetero) is 1. The van der Waals surface area contributed by atoms with Crippen LogP contribution in [0.2, 0.25) is 0 Å². The second-order valence-corrected chi connectivity index (χ2v) is 9.96. The number of carbonyl (C=O) groups is 1. The zero-order valence-electron chi connectivity index (χ0n) is 21.6. The molecule has 1 aliphatic rings. The van der Waals surface area contributed by atoms with Crippen LogP contribution >= 0.6 is 11.8 Å². The van der Waals surface area contributed by atoms with E-state index < -0.39 is 6.04 Å². The van der Waals surface area contributed by atoms with Crippen molar-refractivity contribution in [1.82, 2.24) is 14.8 Å². The predicted octanol–water partition coefficient (Wildman–Crippen LogP) is 6.33. The number of rotatable bonds is 11. The molecule has 8 heteroatoms. The Kier molecular flexibility index (Phi) is 8.36. The molecule has 2 aromatic carbocycles. The fraction of sp³-hybridized carbons (Fsp3) is 0.393. The van der Waals surface area contributed by atoms with Crippen LogP contribution in [0.3, 0.4) is 0 Å². The summed E-state index contributed by atoms with van der Waals surface area (Å²) in [5.41, 5.74) is 4.64. The number of anilines is 1. The standard InChI is InChI=1S/C28H34N4O3S/c1-6-8-15-36-28-30-27-29-19(4)25(20(5)33)26(32(27)31-28)22-13-14-23(24(16-22)34-7-2)35-17-21-11-9-18(3)10-12-21/h9-14,16,26H,6-8,15,17H2,1-5H3,(H,29,30,31). The van der Waals surface area contributed by atoms with Gasteiger partial charge in [-0.1, -0.05) is 61.0 Å². The SMILES string of the molecule is CCCCSc1nc2n(n1)C(c1ccc(OCc3ccc(C)cc3)c(OCC)c1)C(C(C)=O)=C(C)N2. The minimum atomic E-state index is -0.405. The lowest BCUT2D eigenvalue weighted by Crippen LogP contribution is -2.27. The van der Waals surface area contributed by atoms with Gasteiger partial charge < -0.3 is 14.8 Å². The van der Waals surface area contributed by atoms with E-state index in [1.807, 2.05) is 36.7 Å². The van der Waals surface area contributed by atoms with Gasteiger partial charge in [-0.25, -0.2) is 4.68 Å². The van der Waals surface area contributed by atoms with E-state index in [2.05, 4.69) is 43.4 Å². The quantitative estimate of drug-likeness (QED) is 0.240. The van der Waals surface area contributed by atoms with Gasteiger partial charge in [0.1, 0.15) is 12.6 Å². The molecule has 2 heterocycles. The topological polar surface area (TPSA) is 78.3 Å². The number of fused-ring (bicyclic) bond motifs is 1. The van der Waals surface area contributed by atoms with Gasteiger partial charge in [-0.15, -0.1) is 5.10 Å². The molecular formula is C28H34N4O3S. The number of benzene rings is 2. The summed E-state index contributed by atoms with van der Waals surface area (Å²) in [5, 5.41) is 8.76. The Labute approximate surface area is 217 Å². The molecule has 0 fully saturated rings. The zero-order chi connectivity index (χ0) is 25.7. The molecule has 3 aromatic rings. The number of ether oxygens (including phenoxy) is 2. The average molecular weight is 507 g/mol. The summed E-state index contributed by atoms with van der Waals surface area (Å²) in [6.07, 6.45) is 2.22. The lowest BCUT2D eigenvalue weighted by atomic mass is 9.93. The average Bonchev–Trinajstić information content (AvgIpc) is 3.25. The first-order chi connectivity index (χ1) is 17.4. The number of allylic oxidation sites excluding steroid dienone is 2. The molecule has 0 aliphatic carbocycles. The molecule has 4 rings (SSSR count). The van der Waals surface area contributed by atoms with Gasteiger partial charge in [0.25, 0.3) is 0 Å². The van der Waals surface area contributed by atoms with Crippen molar-refractivity contribution in [1.29, 1.82) is 0 Å². The van der Waals surface area contributed by atoms with Crippen molar-refractivity contribution in [2.24, 2.45) is 0 Å². The Hall–Kier alpha value is -3.26. The van der Waals surface area contributed by atoms with E-state index in [1.54, 1.807) is 18.7 Å². The Morgan fingerprint density at radius 3 is 2.56 bits per heavy atom. The monoisotopic (exact) mass is 506 g/mol. The number of unbranched alkanes of at least 4 members (excludes halogenated alkanes) is 1.